The van der Waals surface area contributed by atoms with Gasteiger partial charge in [0.05, 0.1) is 18.2 Å². The van der Waals surface area contributed by atoms with E-state index in [9.17, 15) is 19.1 Å². The van der Waals surface area contributed by atoms with E-state index in [0.29, 0.717) is 17.6 Å². The van der Waals surface area contributed by atoms with Crippen molar-refractivity contribution in [2.75, 3.05) is 14.2 Å². The lowest BCUT2D eigenvalue weighted by Crippen LogP contribution is -2.46. The van der Waals surface area contributed by atoms with Crippen LogP contribution >= 0.6 is 7.82 Å². The second-order valence-corrected chi connectivity index (χ2v) is 7.60. The van der Waals surface area contributed by atoms with E-state index in [1.165, 1.54) is 7.11 Å². The maximum atomic E-state index is 12.5. The Morgan fingerprint density at radius 1 is 1.23 bits per heavy atom. The lowest BCUT2D eigenvalue weighted by molar-refractivity contribution is 0.0133. The van der Waals surface area contributed by atoms with Gasteiger partial charge in [-0.05, 0) is 32.0 Å². The standard InChI is InChI=1S/C17H22NO7P/c1-18-12-8-9-13(18)15(17(23-2)25-26(20,21)22)14(10-12)24-16(19)11-6-4-3-5-7-11/h3-7,12-14H,8-10H2,1-2H3,(H2,20,21,22). The highest BCUT2D eigenvalue weighted by atomic mass is 31.2. The van der Waals surface area contributed by atoms with Crippen LogP contribution in [0.5, 0.6) is 0 Å². The van der Waals surface area contributed by atoms with Gasteiger partial charge in [-0.3, -0.25) is 14.7 Å². The highest BCUT2D eigenvalue weighted by molar-refractivity contribution is 7.46. The molecule has 2 fully saturated rings. The summed E-state index contributed by atoms with van der Waals surface area (Å²) in [4.78, 5) is 32.9. The van der Waals surface area contributed by atoms with Crippen LogP contribution in [0.3, 0.4) is 0 Å². The van der Waals surface area contributed by atoms with Crippen molar-refractivity contribution in [2.24, 2.45) is 0 Å². The van der Waals surface area contributed by atoms with Crippen LogP contribution in [0.4, 0.5) is 0 Å². The van der Waals surface area contributed by atoms with Gasteiger partial charge in [0.1, 0.15) is 6.10 Å². The van der Waals surface area contributed by atoms with Crippen molar-refractivity contribution in [2.45, 2.75) is 37.5 Å². The number of piperidine rings is 1. The molecule has 0 amide bonds. The topological polar surface area (TPSA) is 106 Å². The molecule has 2 N–H and O–H groups in total. The first-order chi connectivity index (χ1) is 12.3. The van der Waals surface area contributed by atoms with E-state index in [-0.39, 0.29) is 18.0 Å². The number of phosphoric acid groups is 1. The second kappa shape index (κ2) is 7.40. The molecule has 0 radical (unpaired) electrons. The minimum atomic E-state index is -4.81. The normalized spacial score (nSPS) is 27.8. The molecule has 0 spiro atoms. The number of fused-ring (bicyclic) bond motifs is 2. The first kappa shape index (κ1) is 18.9. The molecule has 2 aliphatic rings. The van der Waals surface area contributed by atoms with Crippen LogP contribution in [0, 0.1) is 0 Å². The van der Waals surface area contributed by atoms with Gasteiger partial charge in [0.25, 0.3) is 5.95 Å². The van der Waals surface area contributed by atoms with E-state index in [4.69, 9.17) is 14.0 Å². The van der Waals surface area contributed by atoms with E-state index in [1.807, 2.05) is 7.05 Å². The van der Waals surface area contributed by atoms with E-state index < -0.39 is 19.9 Å². The molecule has 2 bridgehead atoms. The van der Waals surface area contributed by atoms with E-state index in [1.54, 1.807) is 30.3 Å². The van der Waals surface area contributed by atoms with Crippen molar-refractivity contribution in [3.8, 4) is 0 Å². The fourth-order valence-corrected chi connectivity index (χ4v) is 4.12. The monoisotopic (exact) mass is 383 g/mol. The first-order valence-corrected chi connectivity index (χ1v) is 9.84. The average molecular weight is 383 g/mol. The van der Waals surface area contributed by atoms with Gasteiger partial charge < -0.3 is 14.0 Å². The van der Waals surface area contributed by atoms with Gasteiger partial charge in [-0.1, -0.05) is 18.2 Å². The number of nitrogens with zero attached hydrogens (tertiary/aromatic N) is 1. The fraction of sp³-hybridized carbons (Fsp3) is 0.471. The molecule has 0 aliphatic carbocycles. The smallest absolute Gasteiger partial charge is 0.468 e. The number of benzene rings is 1. The van der Waals surface area contributed by atoms with Crippen LogP contribution in [0.2, 0.25) is 0 Å². The van der Waals surface area contributed by atoms with Gasteiger partial charge in [0.15, 0.2) is 0 Å². The Morgan fingerprint density at radius 3 is 2.54 bits per heavy atom. The summed E-state index contributed by atoms with van der Waals surface area (Å²) in [6, 6.07) is 8.65. The zero-order valence-electron chi connectivity index (χ0n) is 14.6. The summed E-state index contributed by atoms with van der Waals surface area (Å²) in [5.41, 5.74) is 0.865. The number of hydrogen-bond acceptors (Lipinski definition) is 6. The predicted octanol–water partition coefficient (Wildman–Crippen LogP) is 2.05. The number of rotatable bonds is 5. The minimum Gasteiger partial charge on any atom is -0.468 e. The van der Waals surface area contributed by atoms with Crippen LogP contribution in [0.15, 0.2) is 41.9 Å². The average Bonchev–Trinajstić information content (AvgIpc) is 2.83. The molecular formula is C17H22NO7P. The number of esters is 1. The van der Waals surface area contributed by atoms with Crippen molar-refractivity contribution in [3.63, 3.8) is 0 Å². The van der Waals surface area contributed by atoms with Crippen LogP contribution < -0.4 is 0 Å². The summed E-state index contributed by atoms with van der Waals surface area (Å²) in [6.07, 6.45) is 1.51. The Balaban J connectivity index is 1.93. The summed E-state index contributed by atoms with van der Waals surface area (Å²) >= 11 is 0. The van der Waals surface area contributed by atoms with Gasteiger partial charge in [-0.15, -0.1) is 0 Å². The first-order valence-electron chi connectivity index (χ1n) is 8.31. The number of likely N-dealkylation sites (N-methyl/N-ethyl adjacent to an activating group) is 1. The molecule has 1 aromatic carbocycles. The van der Waals surface area contributed by atoms with Gasteiger partial charge in [0.2, 0.25) is 0 Å². The van der Waals surface area contributed by atoms with E-state index in [0.717, 1.165) is 12.8 Å². The fourth-order valence-electron chi connectivity index (χ4n) is 3.73. The molecule has 9 heteroatoms. The van der Waals surface area contributed by atoms with Crippen molar-refractivity contribution < 1.29 is 33.1 Å². The van der Waals surface area contributed by atoms with Crippen molar-refractivity contribution >= 4 is 13.8 Å². The number of carbonyl (C=O) groups is 1. The Kier molecular flexibility index (Phi) is 5.39. The zero-order chi connectivity index (χ0) is 18.9. The van der Waals surface area contributed by atoms with E-state index >= 15 is 0 Å². The number of hydrogen-bond donors (Lipinski definition) is 2. The summed E-state index contributed by atoms with van der Waals surface area (Å²) in [6.45, 7) is 0. The van der Waals surface area contributed by atoms with Crippen LogP contribution in [0.25, 0.3) is 0 Å². The molecule has 3 unspecified atom stereocenters. The molecule has 3 atom stereocenters. The number of methoxy groups -OCH3 is 1. The quantitative estimate of drug-likeness (QED) is 0.452. The van der Waals surface area contributed by atoms with Crippen molar-refractivity contribution in [1.29, 1.82) is 0 Å². The molecule has 0 aromatic heterocycles. The Bertz CT molecular complexity index is 745. The number of ether oxygens (including phenoxy) is 2. The van der Waals surface area contributed by atoms with Crippen LogP contribution in [-0.2, 0) is 18.6 Å². The number of carbonyl (C=O) groups excluding carboxylic acids is 1. The summed E-state index contributed by atoms with van der Waals surface area (Å²) < 4.78 is 26.9. The van der Waals surface area contributed by atoms with Gasteiger partial charge in [-0.2, -0.15) is 0 Å². The third-order valence-corrected chi connectivity index (χ3v) is 5.32. The highest BCUT2D eigenvalue weighted by Gasteiger charge is 2.47. The highest BCUT2D eigenvalue weighted by Crippen LogP contribution is 2.45. The molecule has 3 rings (SSSR count). The molecule has 26 heavy (non-hydrogen) atoms. The van der Waals surface area contributed by atoms with Crippen molar-refractivity contribution in [1.82, 2.24) is 4.90 Å². The number of phosphoric ester groups is 1. The summed E-state index contributed by atoms with van der Waals surface area (Å²) in [7, 11) is -1.60. The van der Waals surface area contributed by atoms with Gasteiger partial charge in [-0.25, -0.2) is 9.36 Å². The molecule has 2 heterocycles. The molecule has 142 valence electrons. The zero-order valence-corrected chi connectivity index (χ0v) is 15.5. The lowest BCUT2D eigenvalue weighted by Gasteiger charge is -2.38. The van der Waals surface area contributed by atoms with Gasteiger partial charge >= 0.3 is 13.8 Å². The molecule has 0 saturated carbocycles. The molecule has 8 nitrogen and oxygen atoms in total. The SMILES string of the molecule is COC(OP(=O)(O)O)=C1C(OC(=O)c2ccccc2)CC2CCC1N2C. The predicted molar refractivity (Wildman–Crippen MR) is 92.0 cm³/mol. The summed E-state index contributed by atoms with van der Waals surface area (Å²) in [5.74, 6) is -0.773. The minimum absolute atomic E-state index is 0.163. The lowest BCUT2D eigenvalue weighted by atomic mass is 9.94. The molecule has 1 aromatic rings. The molecule has 2 aliphatic heterocycles. The van der Waals surface area contributed by atoms with E-state index in [2.05, 4.69) is 4.90 Å². The maximum absolute atomic E-state index is 12.5. The molecule has 2 saturated heterocycles. The van der Waals surface area contributed by atoms with Crippen LogP contribution in [-0.4, -0.2) is 53.0 Å². The largest absolute Gasteiger partial charge is 0.527 e. The Hall–Kier alpha value is -1.86. The van der Waals surface area contributed by atoms with Crippen LogP contribution in [0.1, 0.15) is 29.6 Å². The third kappa shape index (κ3) is 3.94. The second-order valence-electron chi connectivity index (χ2n) is 6.44. The van der Waals surface area contributed by atoms with Gasteiger partial charge in [0, 0.05) is 18.5 Å². The molecular weight excluding hydrogens is 361 g/mol. The Morgan fingerprint density at radius 2 is 1.92 bits per heavy atom. The third-order valence-electron chi connectivity index (χ3n) is 4.91. The van der Waals surface area contributed by atoms with Crippen molar-refractivity contribution in [3.05, 3.63) is 47.4 Å². The summed E-state index contributed by atoms with van der Waals surface area (Å²) in [5, 5.41) is 0. The Labute approximate surface area is 151 Å². The maximum Gasteiger partial charge on any atom is 0.527 e.